The van der Waals surface area contributed by atoms with Crippen molar-refractivity contribution in [3.05, 3.63) is 0 Å². The van der Waals surface area contributed by atoms with Crippen LogP contribution in [0.4, 0.5) is 0 Å². The van der Waals surface area contributed by atoms with Gasteiger partial charge in [0.1, 0.15) is 0 Å². The summed E-state index contributed by atoms with van der Waals surface area (Å²) in [7, 11) is 0. The topological polar surface area (TPSA) is 0 Å². The molecule has 0 aliphatic heterocycles. The molecule has 1 rings (SSSR count). The van der Waals surface area contributed by atoms with Crippen LogP contribution in [0.15, 0.2) is 0 Å². The third-order valence-electron chi connectivity index (χ3n) is 2.86. The van der Waals surface area contributed by atoms with E-state index in [0.717, 1.165) is 17.8 Å². The maximum Gasteiger partial charge on any atom is -0.0414 e. The van der Waals surface area contributed by atoms with Crippen LogP contribution in [0.3, 0.4) is 0 Å². The van der Waals surface area contributed by atoms with Crippen LogP contribution in [-0.4, -0.2) is 0 Å². The highest BCUT2D eigenvalue weighted by Gasteiger charge is 2.20. The Morgan fingerprint density at radius 3 is 2.00 bits per heavy atom. The SMILES string of the molecule is CC1CC[C@@H](C)[C@@H](C)C1. The first-order valence-corrected chi connectivity index (χ1v) is 4.20. The molecule has 0 heteroatoms. The van der Waals surface area contributed by atoms with Gasteiger partial charge in [0, 0.05) is 0 Å². The first kappa shape index (κ1) is 7.11. The summed E-state index contributed by atoms with van der Waals surface area (Å²) in [5.74, 6) is 2.96. The fourth-order valence-corrected chi connectivity index (χ4v) is 1.82. The highest BCUT2D eigenvalue weighted by Crippen LogP contribution is 2.32. The summed E-state index contributed by atoms with van der Waals surface area (Å²) in [5, 5.41) is 0. The van der Waals surface area contributed by atoms with Crippen LogP contribution in [0.25, 0.3) is 0 Å². The smallest absolute Gasteiger partial charge is 0.0414 e. The molecular weight excluding hydrogens is 108 g/mol. The molecule has 1 aliphatic rings. The fourth-order valence-electron chi connectivity index (χ4n) is 1.82. The molecule has 1 unspecified atom stereocenters. The predicted molar refractivity (Wildman–Crippen MR) is 41.3 cm³/mol. The average molecular weight is 126 g/mol. The Morgan fingerprint density at radius 1 is 0.889 bits per heavy atom. The second-order valence-electron chi connectivity index (χ2n) is 3.87. The lowest BCUT2D eigenvalue weighted by molar-refractivity contribution is 0.220. The van der Waals surface area contributed by atoms with Crippen molar-refractivity contribution < 1.29 is 0 Å². The van der Waals surface area contributed by atoms with Crippen molar-refractivity contribution in [2.75, 3.05) is 0 Å². The lowest BCUT2D eigenvalue weighted by Gasteiger charge is -2.29. The minimum Gasteiger partial charge on any atom is -0.0625 e. The van der Waals surface area contributed by atoms with Gasteiger partial charge >= 0.3 is 0 Å². The Hall–Kier alpha value is 0. The second kappa shape index (κ2) is 2.72. The van der Waals surface area contributed by atoms with Gasteiger partial charge in [0.25, 0.3) is 0 Å². The van der Waals surface area contributed by atoms with E-state index in [1.807, 2.05) is 0 Å². The maximum absolute atomic E-state index is 2.39. The van der Waals surface area contributed by atoms with Gasteiger partial charge in [-0.1, -0.05) is 33.6 Å². The normalized spacial score (nSPS) is 45.0. The molecule has 1 fully saturated rings. The van der Waals surface area contributed by atoms with Crippen molar-refractivity contribution in [3.8, 4) is 0 Å². The molecule has 0 nitrogen and oxygen atoms in total. The maximum atomic E-state index is 2.39. The van der Waals surface area contributed by atoms with E-state index in [-0.39, 0.29) is 0 Å². The summed E-state index contributed by atoms with van der Waals surface area (Å²) in [6.07, 6.45) is 4.38. The molecule has 1 aliphatic carbocycles. The zero-order valence-electron chi connectivity index (χ0n) is 6.85. The number of hydrogen-bond donors (Lipinski definition) is 0. The van der Waals surface area contributed by atoms with Crippen molar-refractivity contribution in [1.29, 1.82) is 0 Å². The fraction of sp³-hybridized carbons (Fsp3) is 1.00. The summed E-state index contributed by atoms with van der Waals surface area (Å²) in [6.45, 7) is 7.15. The van der Waals surface area contributed by atoms with Gasteiger partial charge in [0.05, 0.1) is 0 Å². The third kappa shape index (κ3) is 1.70. The van der Waals surface area contributed by atoms with Crippen LogP contribution < -0.4 is 0 Å². The van der Waals surface area contributed by atoms with Gasteiger partial charge in [0.2, 0.25) is 0 Å². The molecule has 0 aromatic carbocycles. The lowest BCUT2D eigenvalue weighted by Crippen LogP contribution is -2.18. The minimum absolute atomic E-state index is 0.980. The van der Waals surface area contributed by atoms with Crippen molar-refractivity contribution in [1.82, 2.24) is 0 Å². The van der Waals surface area contributed by atoms with Gasteiger partial charge < -0.3 is 0 Å². The molecule has 0 saturated heterocycles. The molecule has 0 N–H and O–H groups in total. The molecule has 1 saturated carbocycles. The van der Waals surface area contributed by atoms with Gasteiger partial charge in [-0.25, -0.2) is 0 Å². The van der Waals surface area contributed by atoms with Crippen molar-refractivity contribution >= 4 is 0 Å². The third-order valence-corrected chi connectivity index (χ3v) is 2.86. The molecule has 0 amide bonds. The van der Waals surface area contributed by atoms with E-state index in [2.05, 4.69) is 20.8 Å². The Kier molecular flexibility index (Phi) is 2.15. The molecule has 0 bridgehead atoms. The van der Waals surface area contributed by atoms with E-state index in [0.29, 0.717) is 0 Å². The van der Waals surface area contributed by atoms with Crippen LogP contribution in [0.2, 0.25) is 0 Å². The van der Waals surface area contributed by atoms with Crippen molar-refractivity contribution in [2.24, 2.45) is 17.8 Å². The Morgan fingerprint density at radius 2 is 1.56 bits per heavy atom. The molecule has 9 heavy (non-hydrogen) atoms. The van der Waals surface area contributed by atoms with Crippen LogP contribution in [0, 0.1) is 17.8 Å². The zero-order chi connectivity index (χ0) is 6.85. The van der Waals surface area contributed by atoms with E-state index in [9.17, 15) is 0 Å². The summed E-state index contributed by atoms with van der Waals surface area (Å²) in [5.41, 5.74) is 0. The summed E-state index contributed by atoms with van der Waals surface area (Å²) in [6, 6.07) is 0. The van der Waals surface area contributed by atoms with Crippen molar-refractivity contribution in [3.63, 3.8) is 0 Å². The molecule has 3 atom stereocenters. The first-order valence-electron chi connectivity index (χ1n) is 4.20. The molecule has 54 valence electrons. The number of hydrogen-bond acceptors (Lipinski definition) is 0. The van der Waals surface area contributed by atoms with E-state index >= 15 is 0 Å². The number of rotatable bonds is 0. The monoisotopic (exact) mass is 126 g/mol. The molecular formula is C9H18. The summed E-state index contributed by atoms with van der Waals surface area (Å²) >= 11 is 0. The molecule has 0 radical (unpaired) electrons. The highest BCUT2D eigenvalue weighted by molar-refractivity contribution is 4.72. The van der Waals surface area contributed by atoms with E-state index in [4.69, 9.17) is 0 Å². The Labute approximate surface area is 58.7 Å². The van der Waals surface area contributed by atoms with Gasteiger partial charge in [-0.2, -0.15) is 0 Å². The average Bonchev–Trinajstić information content (AvgIpc) is 1.80. The minimum atomic E-state index is 0.980. The Bertz CT molecular complexity index is 86.0. The quantitative estimate of drug-likeness (QED) is 0.468. The molecule has 0 aromatic rings. The molecule has 0 heterocycles. The summed E-state index contributed by atoms with van der Waals surface area (Å²) < 4.78 is 0. The van der Waals surface area contributed by atoms with Gasteiger partial charge in [-0.05, 0) is 24.2 Å². The van der Waals surface area contributed by atoms with E-state index < -0.39 is 0 Å². The van der Waals surface area contributed by atoms with Gasteiger partial charge in [-0.15, -0.1) is 0 Å². The Balaban J connectivity index is 2.35. The van der Waals surface area contributed by atoms with E-state index in [1.165, 1.54) is 19.3 Å². The van der Waals surface area contributed by atoms with Crippen LogP contribution in [-0.2, 0) is 0 Å². The summed E-state index contributed by atoms with van der Waals surface area (Å²) in [4.78, 5) is 0. The second-order valence-corrected chi connectivity index (χ2v) is 3.87. The van der Waals surface area contributed by atoms with Crippen molar-refractivity contribution in [2.45, 2.75) is 40.0 Å². The van der Waals surface area contributed by atoms with E-state index in [1.54, 1.807) is 0 Å². The predicted octanol–water partition coefficient (Wildman–Crippen LogP) is 3.08. The zero-order valence-corrected chi connectivity index (χ0v) is 6.85. The molecule has 0 aromatic heterocycles. The molecule has 0 spiro atoms. The van der Waals surface area contributed by atoms with Gasteiger partial charge in [-0.3, -0.25) is 0 Å². The largest absolute Gasteiger partial charge is 0.0625 e. The highest BCUT2D eigenvalue weighted by atomic mass is 14.3. The van der Waals surface area contributed by atoms with Crippen LogP contribution in [0.1, 0.15) is 40.0 Å². The van der Waals surface area contributed by atoms with Crippen LogP contribution >= 0.6 is 0 Å². The first-order chi connectivity index (χ1) is 4.20. The lowest BCUT2D eigenvalue weighted by atomic mass is 9.77. The van der Waals surface area contributed by atoms with Crippen LogP contribution in [0.5, 0.6) is 0 Å². The van der Waals surface area contributed by atoms with Gasteiger partial charge in [0.15, 0.2) is 0 Å². The standard InChI is InChI=1S/C9H18/c1-7-4-5-8(2)9(3)6-7/h7-9H,4-6H2,1-3H3/t7?,8-,9+/m1/s1.